The van der Waals surface area contributed by atoms with Crippen LogP contribution in [0.5, 0.6) is 17.2 Å². The lowest BCUT2D eigenvalue weighted by atomic mass is 9.80. The molecule has 1 unspecified atom stereocenters. The second kappa shape index (κ2) is 7.17. The van der Waals surface area contributed by atoms with E-state index in [1.54, 1.807) is 18.2 Å². The number of ether oxygens (including phenoxy) is 2. The molecule has 4 nitrogen and oxygen atoms in total. The van der Waals surface area contributed by atoms with Crippen LogP contribution in [-0.2, 0) is 0 Å². The molecular weight excluding hydrogens is 429 g/mol. The molecule has 3 aromatic rings. The van der Waals surface area contributed by atoms with Gasteiger partial charge in [-0.15, -0.1) is 0 Å². The highest BCUT2D eigenvalue weighted by Gasteiger charge is 2.36. The summed E-state index contributed by atoms with van der Waals surface area (Å²) >= 11 is 5.95. The number of halogens is 2. The maximum atomic E-state index is 14.4. The van der Waals surface area contributed by atoms with Gasteiger partial charge in [-0.25, -0.2) is 4.39 Å². The summed E-state index contributed by atoms with van der Waals surface area (Å²) in [6.07, 6.45) is 1.60. The monoisotopic (exact) mass is 451 g/mol. The number of hydrogen-bond donors (Lipinski definition) is 2. The van der Waals surface area contributed by atoms with Crippen molar-refractivity contribution in [3.8, 4) is 28.4 Å². The molecule has 164 valence electrons. The van der Waals surface area contributed by atoms with Gasteiger partial charge in [0, 0.05) is 16.8 Å². The van der Waals surface area contributed by atoms with E-state index in [0.29, 0.717) is 22.6 Å². The summed E-state index contributed by atoms with van der Waals surface area (Å²) in [5.41, 5.74) is 5.93. The minimum atomic E-state index is -0.570. The standard InChI is InChI=1S/C26H23ClFNO3/c1-13-12-26(2,3)29-18-8-6-15-22-20(10-9-19(30)25(22)31-4)32-24(23(15)21(13)18)14-5-7-16(27)17(28)11-14/h5-12,24,29-30H,1-4H3. The van der Waals surface area contributed by atoms with E-state index in [0.717, 1.165) is 28.0 Å². The first kappa shape index (κ1) is 20.7. The number of methoxy groups -OCH3 is 1. The molecule has 2 heterocycles. The third kappa shape index (κ3) is 3.11. The Bertz CT molecular complexity index is 1300. The summed E-state index contributed by atoms with van der Waals surface area (Å²) in [7, 11) is 1.52. The lowest BCUT2D eigenvalue weighted by Crippen LogP contribution is -2.32. The minimum Gasteiger partial charge on any atom is -0.504 e. The van der Waals surface area contributed by atoms with Crippen molar-refractivity contribution >= 4 is 22.9 Å². The first-order valence-corrected chi connectivity index (χ1v) is 10.7. The van der Waals surface area contributed by atoms with Crippen molar-refractivity contribution in [3.05, 3.63) is 76.1 Å². The SMILES string of the molecule is COc1c(O)ccc2c1-c1ccc3c(c1C(c1ccc(Cl)c(F)c1)O2)C(C)=CC(C)(C)N3. The van der Waals surface area contributed by atoms with E-state index >= 15 is 0 Å². The molecule has 3 aromatic carbocycles. The molecule has 0 saturated carbocycles. The highest BCUT2D eigenvalue weighted by Crippen LogP contribution is 2.55. The van der Waals surface area contributed by atoms with Crippen LogP contribution in [0.4, 0.5) is 10.1 Å². The quantitative estimate of drug-likeness (QED) is 0.442. The van der Waals surface area contributed by atoms with Crippen molar-refractivity contribution in [1.29, 1.82) is 0 Å². The molecule has 2 N–H and O–H groups in total. The fourth-order valence-electron chi connectivity index (χ4n) is 4.85. The van der Waals surface area contributed by atoms with Crippen molar-refractivity contribution in [3.63, 3.8) is 0 Å². The second-order valence-electron chi connectivity index (χ2n) is 8.79. The normalized spacial score (nSPS) is 17.8. The highest BCUT2D eigenvalue weighted by atomic mass is 35.5. The predicted octanol–water partition coefficient (Wildman–Crippen LogP) is 6.95. The summed E-state index contributed by atoms with van der Waals surface area (Å²) in [5, 5.41) is 14.1. The lowest BCUT2D eigenvalue weighted by Gasteiger charge is -2.37. The van der Waals surface area contributed by atoms with Gasteiger partial charge < -0.3 is 19.9 Å². The Labute approximate surface area is 191 Å². The first-order chi connectivity index (χ1) is 15.2. The van der Waals surface area contributed by atoms with Crippen molar-refractivity contribution in [2.45, 2.75) is 32.4 Å². The third-order valence-electron chi connectivity index (χ3n) is 6.00. The fraction of sp³-hybridized carbons (Fsp3) is 0.231. The Morgan fingerprint density at radius 1 is 1.12 bits per heavy atom. The van der Waals surface area contributed by atoms with E-state index in [4.69, 9.17) is 21.1 Å². The van der Waals surface area contributed by atoms with Crippen LogP contribution in [-0.4, -0.2) is 17.8 Å². The number of allylic oxidation sites excluding steroid dienone is 1. The smallest absolute Gasteiger partial charge is 0.172 e. The molecule has 0 amide bonds. The predicted molar refractivity (Wildman–Crippen MR) is 125 cm³/mol. The van der Waals surface area contributed by atoms with E-state index in [1.165, 1.54) is 19.2 Å². The molecule has 0 spiro atoms. The molecular formula is C26H23ClFNO3. The van der Waals surface area contributed by atoms with Crippen LogP contribution in [0.2, 0.25) is 5.02 Å². The zero-order valence-corrected chi connectivity index (χ0v) is 19.0. The van der Waals surface area contributed by atoms with Crippen LogP contribution < -0.4 is 14.8 Å². The topological polar surface area (TPSA) is 50.7 Å². The Balaban J connectivity index is 1.84. The first-order valence-electron chi connectivity index (χ1n) is 10.4. The third-order valence-corrected chi connectivity index (χ3v) is 6.31. The molecule has 6 heteroatoms. The summed E-state index contributed by atoms with van der Waals surface area (Å²) < 4.78 is 26.4. The van der Waals surface area contributed by atoms with Gasteiger partial charge in [-0.2, -0.15) is 0 Å². The Hall–Kier alpha value is -3.18. The van der Waals surface area contributed by atoms with Gasteiger partial charge in [-0.3, -0.25) is 0 Å². The number of anilines is 1. The van der Waals surface area contributed by atoms with E-state index in [1.807, 2.05) is 12.1 Å². The number of phenols is 1. The molecule has 0 aromatic heterocycles. The molecule has 5 rings (SSSR count). The van der Waals surface area contributed by atoms with E-state index in [9.17, 15) is 9.50 Å². The molecule has 0 aliphatic carbocycles. The minimum absolute atomic E-state index is 0.0287. The number of nitrogens with one attached hydrogen (secondary N) is 1. The number of phenolic OH excluding ortho intramolecular Hbond substituents is 1. The summed E-state index contributed by atoms with van der Waals surface area (Å²) in [4.78, 5) is 0. The number of aromatic hydroxyl groups is 1. The lowest BCUT2D eigenvalue weighted by molar-refractivity contribution is 0.240. The molecule has 0 bridgehead atoms. The van der Waals surface area contributed by atoms with Crippen LogP contribution in [0, 0.1) is 5.82 Å². The maximum Gasteiger partial charge on any atom is 0.172 e. The molecule has 0 radical (unpaired) electrons. The van der Waals surface area contributed by atoms with Crippen LogP contribution in [0.1, 0.15) is 43.6 Å². The van der Waals surface area contributed by atoms with Crippen molar-refractivity contribution in [2.75, 3.05) is 12.4 Å². The Kier molecular flexibility index (Phi) is 4.64. The summed E-state index contributed by atoms with van der Waals surface area (Å²) in [5.74, 6) is 0.425. The van der Waals surface area contributed by atoms with Crippen LogP contribution in [0.25, 0.3) is 16.7 Å². The van der Waals surface area contributed by atoms with Crippen LogP contribution >= 0.6 is 11.6 Å². The van der Waals surface area contributed by atoms with E-state index in [2.05, 4.69) is 32.2 Å². The van der Waals surface area contributed by atoms with Gasteiger partial charge in [0.15, 0.2) is 17.6 Å². The zero-order chi connectivity index (χ0) is 22.8. The van der Waals surface area contributed by atoms with Crippen LogP contribution in [0.15, 0.2) is 48.5 Å². The Morgan fingerprint density at radius 2 is 1.91 bits per heavy atom. The van der Waals surface area contributed by atoms with Gasteiger partial charge >= 0.3 is 0 Å². The average molecular weight is 452 g/mol. The number of fused-ring (bicyclic) bond motifs is 5. The molecule has 1 atom stereocenters. The molecule has 2 aliphatic rings. The van der Waals surface area contributed by atoms with Gasteiger partial charge in [0.1, 0.15) is 11.6 Å². The maximum absolute atomic E-state index is 14.4. The van der Waals surface area contributed by atoms with Gasteiger partial charge in [0.25, 0.3) is 0 Å². The van der Waals surface area contributed by atoms with Crippen molar-refractivity contribution < 1.29 is 19.0 Å². The molecule has 0 fully saturated rings. The van der Waals surface area contributed by atoms with Gasteiger partial charge in [0.2, 0.25) is 0 Å². The van der Waals surface area contributed by atoms with E-state index in [-0.39, 0.29) is 16.3 Å². The van der Waals surface area contributed by atoms with Crippen molar-refractivity contribution in [2.24, 2.45) is 0 Å². The average Bonchev–Trinajstić information content (AvgIpc) is 2.73. The van der Waals surface area contributed by atoms with Crippen molar-refractivity contribution in [1.82, 2.24) is 0 Å². The molecule has 32 heavy (non-hydrogen) atoms. The fourth-order valence-corrected chi connectivity index (χ4v) is 4.96. The van der Waals surface area contributed by atoms with Gasteiger partial charge in [0.05, 0.1) is 23.2 Å². The molecule has 0 saturated heterocycles. The van der Waals surface area contributed by atoms with Crippen LogP contribution in [0.3, 0.4) is 0 Å². The van der Waals surface area contributed by atoms with E-state index < -0.39 is 11.9 Å². The number of benzene rings is 3. The second-order valence-corrected chi connectivity index (χ2v) is 9.19. The summed E-state index contributed by atoms with van der Waals surface area (Å²) in [6.45, 7) is 6.28. The summed E-state index contributed by atoms with van der Waals surface area (Å²) in [6, 6.07) is 12.0. The molecule has 2 aliphatic heterocycles. The Morgan fingerprint density at radius 3 is 2.62 bits per heavy atom. The number of hydrogen-bond acceptors (Lipinski definition) is 4. The van der Waals surface area contributed by atoms with Gasteiger partial charge in [-0.1, -0.05) is 29.8 Å². The largest absolute Gasteiger partial charge is 0.504 e. The van der Waals surface area contributed by atoms with Gasteiger partial charge in [-0.05, 0) is 67.8 Å². The zero-order valence-electron chi connectivity index (χ0n) is 18.2. The highest BCUT2D eigenvalue weighted by molar-refractivity contribution is 6.30. The number of rotatable bonds is 2.